The third-order valence-electron chi connectivity index (χ3n) is 6.14. The number of amides is 2. The summed E-state index contributed by atoms with van der Waals surface area (Å²) in [7, 11) is 1.87. The summed E-state index contributed by atoms with van der Waals surface area (Å²) in [5, 5.41) is 14.2. The number of hydrogen-bond acceptors (Lipinski definition) is 4. The lowest BCUT2D eigenvalue weighted by Gasteiger charge is -2.35. The van der Waals surface area contributed by atoms with Gasteiger partial charge in [-0.05, 0) is 62.2 Å². The summed E-state index contributed by atoms with van der Waals surface area (Å²) in [6.45, 7) is 3.37. The molecule has 1 N–H and O–H groups in total. The Morgan fingerprint density at radius 3 is 2.34 bits per heavy atom. The number of Topliss-reactive ketones (excluding diaryl/α,β-unsaturated/α-hetero) is 1. The lowest BCUT2D eigenvalue weighted by Crippen LogP contribution is -2.47. The van der Waals surface area contributed by atoms with E-state index in [0.29, 0.717) is 43.7 Å². The van der Waals surface area contributed by atoms with Crippen LogP contribution in [0.4, 0.5) is 10.5 Å². The Balaban J connectivity index is 1.40. The lowest BCUT2D eigenvalue weighted by atomic mass is 9.88. The monoisotopic (exact) mass is 434 g/mol. The topological polar surface area (TPSA) is 95.7 Å². The van der Waals surface area contributed by atoms with Crippen LogP contribution in [-0.2, 0) is 7.05 Å². The first kappa shape index (κ1) is 21.5. The highest BCUT2D eigenvalue weighted by molar-refractivity contribution is 6.01. The van der Waals surface area contributed by atoms with E-state index in [-0.39, 0.29) is 23.3 Å². The van der Waals surface area contributed by atoms with Gasteiger partial charge in [-0.2, -0.15) is 5.10 Å². The first-order valence-electron chi connectivity index (χ1n) is 10.7. The van der Waals surface area contributed by atoms with Gasteiger partial charge in [0.2, 0.25) is 0 Å². The number of aromatic nitrogens is 2. The van der Waals surface area contributed by atoms with Crippen LogP contribution in [0.1, 0.15) is 40.5 Å². The molecule has 8 nitrogen and oxygen atoms in total. The maximum absolute atomic E-state index is 13.1. The maximum Gasteiger partial charge on any atom is 0.335 e. The summed E-state index contributed by atoms with van der Waals surface area (Å²) in [5.41, 5.74) is 2.51. The Bertz CT molecular complexity index is 1160. The van der Waals surface area contributed by atoms with Crippen molar-refractivity contribution in [3.8, 4) is 0 Å². The fourth-order valence-electron chi connectivity index (χ4n) is 4.27. The van der Waals surface area contributed by atoms with E-state index in [1.165, 1.54) is 12.1 Å². The van der Waals surface area contributed by atoms with Crippen molar-refractivity contribution < 1.29 is 19.5 Å². The Morgan fingerprint density at radius 2 is 1.72 bits per heavy atom. The van der Waals surface area contributed by atoms with Crippen LogP contribution in [0.2, 0.25) is 0 Å². The average Bonchev–Trinajstić information content (AvgIpc) is 3.19. The van der Waals surface area contributed by atoms with Crippen molar-refractivity contribution >= 4 is 34.4 Å². The van der Waals surface area contributed by atoms with E-state index < -0.39 is 5.97 Å². The second-order valence-corrected chi connectivity index (χ2v) is 8.05. The number of nitrogens with zero attached hydrogens (tertiary/aromatic N) is 4. The summed E-state index contributed by atoms with van der Waals surface area (Å²) >= 11 is 0. The number of likely N-dealkylation sites (tertiary alicyclic amines) is 1. The molecule has 1 aromatic heterocycles. The van der Waals surface area contributed by atoms with Crippen LogP contribution in [0.15, 0.2) is 48.7 Å². The van der Waals surface area contributed by atoms with Crippen LogP contribution >= 0.6 is 0 Å². The van der Waals surface area contributed by atoms with Gasteiger partial charge in [-0.3, -0.25) is 14.4 Å². The number of anilines is 1. The van der Waals surface area contributed by atoms with Crippen molar-refractivity contribution in [1.29, 1.82) is 0 Å². The number of carboxylic acids is 1. The summed E-state index contributed by atoms with van der Waals surface area (Å²) in [4.78, 5) is 40.6. The molecule has 0 saturated carbocycles. The van der Waals surface area contributed by atoms with E-state index in [9.17, 15) is 14.4 Å². The quantitative estimate of drug-likeness (QED) is 0.616. The fourth-order valence-corrected chi connectivity index (χ4v) is 4.27. The molecular formula is C24H26N4O4. The van der Waals surface area contributed by atoms with Crippen LogP contribution < -0.4 is 4.90 Å². The molecule has 0 unspecified atom stereocenters. The van der Waals surface area contributed by atoms with Crippen molar-refractivity contribution in [3.05, 3.63) is 59.8 Å². The van der Waals surface area contributed by atoms with E-state index in [4.69, 9.17) is 5.11 Å². The maximum atomic E-state index is 13.1. The molecule has 2 heterocycles. The van der Waals surface area contributed by atoms with Crippen LogP contribution in [0, 0.1) is 5.92 Å². The van der Waals surface area contributed by atoms with Crippen molar-refractivity contribution in [2.24, 2.45) is 13.0 Å². The van der Waals surface area contributed by atoms with E-state index >= 15 is 0 Å². The summed E-state index contributed by atoms with van der Waals surface area (Å²) in [6.07, 6.45) is 2.99. The Labute approximate surface area is 186 Å². The van der Waals surface area contributed by atoms with Gasteiger partial charge in [0.15, 0.2) is 5.78 Å². The van der Waals surface area contributed by atoms with Gasteiger partial charge < -0.3 is 10.0 Å². The van der Waals surface area contributed by atoms with Crippen molar-refractivity contribution in [3.63, 3.8) is 0 Å². The fraction of sp³-hybridized carbons (Fsp3) is 0.333. The molecule has 0 aliphatic carbocycles. The van der Waals surface area contributed by atoms with Gasteiger partial charge in [-0.15, -0.1) is 0 Å². The van der Waals surface area contributed by atoms with E-state index in [2.05, 4.69) is 5.10 Å². The number of hydrogen-bond donors (Lipinski definition) is 1. The van der Waals surface area contributed by atoms with Gasteiger partial charge >= 0.3 is 12.0 Å². The van der Waals surface area contributed by atoms with Gasteiger partial charge in [0, 0.05) is 49.2 Å². The van der Waals surface area contributed by atoms with Gasteiger partial charge in [0.25, 0.3) is 0 Å². The van der Waals surface area contributed by atoms with Gasteiger partial charge in [-0.1, -0.05) is 0 Å². The molecule has 3 aromatic rings. The van der Waals surface area contributed by atoms with Crippen LogP contribution in [0.5, 0.6) is 0 Å². The molecule has 32 heavy (non-hydrogen) atoms. The third-order valence-corrected chi connectivity index (χ3v) is 6.14. The largest absolute Gasteiger partial charge is 0.478 e. The molecule has 0 spiro atoms. The highest BCUT2D eigenvalue weighted by Crippen LogP contribution is 2.26. The molecule has 1 fully saturated rings. The molecule has 2 amide bonds. The predicted molar refractivity (Wildman–Crippen MR) is 121 cm³/mol. The zero-order chi connectivity index (χ0) is 22.8. The summed E-state index contributed by atoms with van der Waals surface area (Å²) in [5.74, 6) is -1.00. The number of carboxylic acid groups (broad SMARTS) is 1. The number of urea groups is 1. The highest BCUT2D eigenvalue weighted by Gasteiger charge is 2.30. The molecule has 2 aromatic carbocycles. The van der Waals surface area contributed by atoms with Gasteiger partial charge in [0.05, 0.1) is 17.3 Å². The number of piperidine rings is 1. The standard InChI is InChI=1S/C24H26N4O4/c1-3-28(20-7-4-17(5-8-20)23(30)31)24(32)27-12-10-16(11-13-27)22(29)18-6-9-21-19(14-18)15-25-26(21)2/h4-9,14-16H,3,10-13H2,1-2H3,(H,30,31). The predicted octanol–water partition coefficient (Wildman–Crippen LogP) is 3.81. The molecule has 0 atom stereocenters. The number of ketones is 1. The van der Waals surface area contributed by atoms with Crippen LogP contribution in [-0.4, -0.2) is 57.2 Å². The minimum Gasteiger partial charge on any atom is -0.478 e. The number of carbonyl (C=O) groups is 3. The Kier molecular flexibility index (Phi) is 5.94. The van der Waals surface area contributed by atoms with Crippen LogP contribution in [0.25, 0.3) is 10.9 Å². The molecule has 4 rings (SSSR count). The molecule has 166 valence electrons. The Morgan fingerprint density at radius 1 is 1.06 bits per heavy atom. The minimum absolute atomic E-state index is 0.111. The number of aromatic carboxylic acids is 1. The SMILES string of the molecule is CCN(C(=O)N1CCC(C(=O)c2ccc3c(cnn3C)c2)CC1)c1ccc(C(=O)O)cc1. The third kappa shape index (κ3) is 4.08. The molecule has 1 saturated heterocycles. The van der Waals surface area contributed by atoms with E-state index in [0.717, 1.165) is 10.9 Å². The molecule has 1 aliphatic heterocycles. The van der Waals surface area contributed by atoms with Crippen molar-refractivity contribution in [2.75, 3.05) is 24.5 Å². The number of fused-ring (bicyclic) bond motifs is 1. The first-order valence-corrected chi connectivity index (χ1v) is 10.7. The van der Waals surface area contributed by atoms with Crippen molar-refractivity contribution in [1.82, 2.24) is 14.7 Å². The first-order chi connectivity index (χ1) is 15.4. The van der Waals surface area contributed by atoms with E-state index in [1.807, 2.05) is 32.2 Å². The van der Waals surface area contributed by atoms with Crippen molar-refractivity contribution in [2.45, 2.75) is 19.8 Å². The Hall–Kier alpha value is -3.68. The molecule has 1 aliphatic rings. The average molecular weight is 434 g/mol. The zero-order valence-corrected chi connectivity index (χ0v) is 18.2. The number of aryl methyl sites for hydroxylation is 1. The normalized spacial score (nSPS) is 14.5. The minimum atomic E-state index is -1.000. The molecular weight excluding hydrogens is 408 g/mol. The number of carbonyl (C=O) groups excluding carboxylic acids is 2. The molecule has 8 heteroatoms. The zero-order valence-electron chi connectivity index (χ0n) is 18.2. The van der Waals surface area contributed by atoms with E-state index in [1.54, 1.807) is 32.8 Å². The number of rotatable bonds is 5. The number of benzene rings is 2. The summed E-state index contributed by atoms with van der Waals surface area (Å²) < 4.78 is 1.78. The smallest absolute Gasteiger partial charge is 0.335 e. The van der Waals surface area contributed by atoms with Crippen LogP contribution in [0.3, 0.4) is 0 Å². The lowest BCUT2D eigenvalue weighted by molar-refractivity contribution is 0.0696. The molecule has 0 bridgehead atoms. The molecule has 0 radical (unpaired) electrons. The highest BCUT2D eigenvalue weighted by atomic mass is 16.4. The second kappa shape index (κ2) is 8.82. The second-order valence-electron chi connectivity index (χ2n) is 8.05. The van der Waals surface area contributed by atoms with Gasteiger partial charge in [-0.25, -0.2) is 9.59 Å². The van der Waals surface area contributed by atoms with Gasteiger partial charge in [0.1, 0.15) is 0 Å². The summed E-state index contributed by atoms with van der Waals surface area (Å²) in [6, 6.07) is 11.8.